The van der Waals surface area contributed by atoms with Gasteiger partial charge in [-0.3, -0.25) is 4.79 Å². The van der Waals surface area contributed by atoms with Gasteiger partial charge in [0.1, 0.15) is 5.75 Å². The summed E-state index contributed by atoms with van der Waals surface area (Å²) >= 11 is 0. The normalized spacial score (nSPS) is 14.4. The minimum Gasteiger partial charge on any atom is -0.482 e. The number of carbonyl (C=O) groups is 1. The van der Waals surface area contributed by atoms with E-state index in [-0.39, 0.29) is 12.5 Å². The van der Waals surface area contributed by atoms with Crippen molar-refractivity contribution in [1.82, 2.24) is 5.32 Å². The van der Waals surface area contributed by atoms with Crippen LogP contribution in [0.3, 0.4) is 0 Å². The number of hydrogen-bond acceptors (Lipinski definition) is 3. The zero-order valence-electron chi connectivity index (χ0n) is 12.6. The van der Waals surface area contributed by atoms with E-state index in [1.807, 2.05) is 6.07 Å². The first kappa shape index (κ1) is 14.9. The number of ether oxygens (including phenoxy) is 1. The van der Waals surface area contributed by atoms with E-state index in [1.165, 1.54) is 12.0 Å². The number of fused-ring (bicyclic) bond motifs is 1. The van der Waals surface area contributed by atoms with Gasteiger partial charge in [-0.1, -0.05) is 19.9 Å². The lowest BCUT2D eigenvalue weighted by Gasteiger charge is -2.26. The summed E-state index contributed by atoms with van der Waals surface area (Å²) in [6, 6.07) is 6.69. The third kappa shape index (κ3) is 3.73. The second kappa shape index (κ2) is 6.75. The summed E-state index contributed by atoms with van der Waals surface area (Å²) in [5, 5.41) is 3.42. The molecule has 2 rings (SSSR count). The Morgan fingerprint density at radius 3 is 2.90 bits per heavy atom. The number of rotatable bonds is 6. The second-order valence-corrected chi connectivity index (χ2v) is 5.61. The third-order valence-corrected chi connectivity index (χ3v) is 3.56. The Labute approximate surface area is 121 Å². The minimum atomic E-state index is 0.00464. The van der Waals surface area contributed by atoms with Crippen molar-refractivity contribution in [2.45, 2.75) is 39.2 Å². The number of likely N-dealkylation sites (N-methyl/N-ethyl adjacent to an activating group) is 1. The molecule has 110 valence electrons. The van der Waals surface area contributed by atoms with Crippen molar-refractivity contribution in [2.24, 2.45) is 0 Å². The van der Waals surface area contributed by atoms with Crippen LogP contribution in [0.2, 0.25) is 0 Å². The van der Waals surface area contributed by atoms with Crippen LogP contribution in [0.4, 0.5) is 5.69 Å². The van der Waals surface area contributed by atoms with Crippen LogP contribution in [0.25, 0.3) is 0 Å². The quantitative estimate of drug-likeness (QED) is 0.811. The Morgan fingerprint density at radius 2 is 2.15 bits per heavy atom. The first-order valence-corrected chi connectivity index (χ1v) is 7.33. The van der Waals surface area contributed by atoms with E-state index in [1.54, 1.807) is 11.9 Å². The summed E-state index contributed by atoms with van der Waals surface area (Å²) in [6.07, 6.45) is 3.38. The van der Waals surface area contributed by atoms with E-state index in [4.69, 9.17) is 4.74 Å². The predicted octanol–water partition coefficient (Wildman–Crippen LogP) is 2.36. The molecule has 0 aromatic heterocycles. The van der Waals surface area contributed by atoms with E-state index >= 15 is 0 Å². The van der Waals surface area contributed by atoms with E-state index < -0.39 is 0 Å². The van der Waals surface area contributed by atoms with Gasteiger partial charge in [0, 0.05) is 13.1 Å². The van der Waals surface area contributed by atoms with Crippen molar-refractivity contribution < 1.29 is 9.53 Å². The van der Waals surface area contributed by atoms with Gasteiger partial charge in [-0.05, 0) is 43.5 Å². The smallest absolute Gasteiger partial charge is 0.264 e. The SMILES string of the molecule is CC(C)NCCCCc1ccc2c(c1)OCC(=O)N2C. The highest BCUT2D eigenvalue weighted by molar-refractivity contribution is 5.97. The standard InChI is InChI=1S/C16H24N2O2/c1-12(2)17-9-5-4-6-13-7-8-14-15(10-13)20-11-16(19)18(14)3/h7-8,10,12,17H,4-6,9,11H2,1-3H3. The summed E-state index contributed by atoms with van der Waals surface area (Å²) in [5.41, 5.74) is 2.14. The molecular formula is C16H24N2O2. The van der Waals surface area contributed by atoms with Gasteiger partial charge >= 0.3 is 0 Å². The molecular weight excluding hydrogens is 252 g/mol. The van der Waals surface area contributed by atoms with Crippen LogP contribution in [0.15, 0.2) is 18.2 Å². The van der Waals surface area contributed by atoms with Crippen molar-refractivity contribution in [3.63, 3.8) is 0 Å². The zero-order valence-corrected chi connectivity index (χ0v) is 12.6. The molecule has 1 heterocycles. The lowest BCUT2D eigenvalue weighted by Crippen LogP contribution is -2.35. The van der Waals surface area contributed by atoms with Crippen LogP contribution in [-0.4, -0.2) is 32.1 Å². The molecule has 0 radical (unpaired) electrons. The molecule has 0 saturated carbocycles. The van der Waals surface area contributed by atoms with Crippen molar-refractivity contribution in [3.8, 4) is 5.75 Å². The Bertz CT molecular complexity index is 472. The number of aryl methyl sites for hydroxylation is 1. The Hall–Kier alpha value is -1.55. The highest BCUT2D eigenvalue weighted by Gasteiger charge is 2.21. The molecule has 4 nitrogen and oxygen atoms in total. The summed E-state index contributed by atoms with van der Waals surface area (Å²) in [6.45, 7) is 5.54. The topological polar surface area (TPSA) is 41.6 Å². The van der Waals surface area contributed by atoms with Crippen LogP contribution in [0.5, 0.6) is 5.75 Å². The number of nitrogens with zero attached hydrogens (tertiary/aromatic N) is 1. The molecule has 0 saturated heterocycles. The number of benzene rings is 1. The Morgan fingerprint density at radius 1 is 1.35 bits per heavy atom. The summed E-state index contributed by atoms with van der Waals surface area (Å²) < 4.78 is 5.50. The minimum absolute atomic E-state index is 0.00464. The molecule has 4 heteroatoms. The van der Waals surface area contributed by atoms with Gasteiger partial charge < -0.3 is 15.0 Å². The lowest BCUT2D eigenvalue weighted by atomic mass is 10.1. The van der Waals surface area contributed by atoms with Gasteiger partial charge in [0.05, 0.1) is 5.69 Å². The van der Waals surface area contributed by atoms with Crippen molar-refractivity contribution in [2.75, 3.05) is 25.1 Å². The van der Waals surface area contributed by atoms with Crippen molar-refractivity contribution in [3.05, 3.63) is 23.8 Å². The maximum Gasteiger partial charge on any atom is 0.264 e. The molecule has 0 aliphatic carbocycles. The molecule has 0 fully saturated rings. The van der Waals surface area contributed by atoms with Crippen LogP contribution in [0, 0.1) is 0 Å². The van der Waals surface area contributed by atoms with Crippen LogP contribution in [-0.2, 0) is 11.2 Å². The Balaban J connectivity index is 1.87. The summed E-state index contributed by atoms with van der Waals surface area (Å²) in [7, 11) is 1.79. The van der Waals surface area contributed by atoms with Crippen molar-refractivity contribution >= 4 is 11.6 Å². The second-order valence-electron chi connectivity index (χ2n) is 5.61. The van der Waals surface area contributed by atoms with Crippen LogP contribution >= 0.6 is 0 Å². The van der Waals surface area contributed by atoms with E-state index in [0.717, 1.165) is 30.8 Å². The fraction of sp³-hybridized carbons (Fsp3) is 0.562. The summed E-state index contributed by atoms with van der Waals surface area (Å²) in [4.78, 5) is 13.2. The third-order valence-electron chi connectivity index (χ3n) is 3.56. The van der Waals surface area contributed by atoms with E-state index in [2.05, 4.69) is 31.3 Å². The Kier molecular flexibility index (Phi) is 5.01. The number of anilines is 1. The van der Waals surface area contributed by atoms with Gasteiger partial charge in [-0.2, -0.15) is 0 Å². The number of nitrogens with one attached hydrogen (secondary N) is 1. The van der Waals surface area contributed by atoms with Gasteiger partial charge in [0.2, 0.25) is 0 Å². The fourth-order valence-corrected chi connectivity index (χ4v) is 2.32. The maximum atomic E-state index is 11.5. The number of carbonyl (C=O) groups excluding carboxylic acids is 1. The molecule has 1 N–H and O–H groups in total. The number of unbranched alkanes of at least 4 members (excludes halogenated alkanes) is 1. The van der Waals surface area contributed by atoms with Crippen LogP contribution in [0.1, 0.15) is 32.3 Å². The fourth-order valence-electron chi connectivity index (χ4n) is 2.32. The van der Waals surface area contributed by atoms with Gasteiger partial charge in [0.15, 0.2) is 6.61 Å². The first-order chi connectivity index (χ1) is 9.58. The first-order valence-electron chi connectivity index (χ1n) is 7.33. The number of hydrogen-bond donors (Lipinski definition) is 1. The molecule has 20 heavy (non-hydrogen) atoms. The van der Waals surface area contributed by atoms with E-state index in [0.29, 0.717) is 6.04 Å². The van der Waals surface area contributed by atoms with Gasteiger partial charge in [0.25, 0.3) is 5.91 Å². The predicted molar refractivity (Wildman–Crippen MR) is 81.4 cm³/mol. The summed E-state index contributed by atoms with van der Waals surface area (Å²) in [5.74, 6) is 0.829. The zero-order chi connectivity index (χ0) is 14.5. The molecule has 1 aliphatic heterocycles. The largest absolute Gasteiger partial charge is 0.482 e. The molecule has 0 unspecified atom stereocenters. The highest BCUT2D eigenvalue weighted by atomic mass is 16.5. The molecule has 1 aromatic carbocycles. The number of amides is 1. The molecule has 0 spiro atoms. The van der Waals surface area contributed by atoms with Gasteiger partial charge in [-0.15, -0.1) is 0 Å². The molecule has 0 atom stereocenters. The molecule has 1 aliphatic rings. The highest BCUT2D eigenvalue weighted by Crippen LogP contribution is 2.32. The maximum absolute atomic E-state index is 11.5. The molecule has 1 aromatic rings. The van der Waals surface area contributed by atoms with Crippen molar-refractivity contribution in [1.29, 1.82) is 0 Å². The average molecular weight is 276 g/mol. The van der Waals surface area contributed by atoms with Crippen LogP contribution < -0.4 is 15.0 Å². The lowest BCUT2D eigenvalue weighted by molar-refractivity contribution is -0.120. The van der Waals surface area contributed by atoms with E-state index in [9.17, 15) is 4.79 Å². The molecule has 0 bridgehead atoms. The average Bonchev–Trinajstić information content (AvgIpc) is 2.42. The monoisotopic (exact) mass is 276 g/mol. The molecule has 1 amide bonds. The van der Waals surface area contributed by atoms with Gasteiger partial charge in [-0.25, -0.2) is 0 Å².